The van der Waals surface area contributed by atoms with Gasteiger partial charge in [0.1, 0.15) is 0 Å². The van der Waals surface area contributed by atoms with Crippen molar-refractivity contribution in [1.82, 2.24) is 9.66 Å². The predicted octanol–water partition coefficient (Wildman–Crippen LogP) is 3.59. The summed E-state index contributed by atoms with van der Waals surface area (Å²) >= 11 is 7.04. The summed E-state index contributed by atoms with van der Waals surface area (Å²) in [7, 11) is 1.59. The number of hydrogen-bond acceptors (Lipinski definition) is 5. The maximum absolute atomic E-state index is 5.77. The molecule has 2 aromatic rings. The molecular formula is C14H16Br2N4O2. The zero-order chi connectivity index (χ0) is 16.3. The van der Waals surface area contributed by atoms with Crippen molar-refractivity contribution in [2.24, 2.45) is 5.10 Å². The molecule has 0 radical (unpaired) electrons. The lowest BCUT2D eigenvalue weighted by atomic mass is 10.2. The van der Waals surface area contributed by atoms with E-state index in [1.807, 2.05) is 19.9 Å². The Labute approximate surface area is 145 Å². The molecule has 2 N–H and O–H groups in total. The van der Waals surface area contributed by atoms with Crippen LogP contribution < -0.4 is 15.2 Å². The minimum Gasteiger partial charge on any atom is -0.493 e. The van der Waals surface area contributed by atoms with Crippen LogP contribution in [0.4, 0.5) is 5.95 Å². The number of rotatable bonds is 5. The van der Waals surface area contributed by atoms with Crippen LogP contribution in [0.1, 0.15) is 18.2 Å². The van der Waals surface area contributed by atoms with Crippen molar-refractivity contribution in [2.75, 3.05) is 19.5 Å². The maximum atomic E-state index is 5.77. The van der Waals surface area contributed by atoms with E-state index in [2.05, 4.69) is 41.9 Å². The molecule has 1 aromatic carbocycles. The minimum atomic E-state index is 0.335. The number of ether oxygens (including phenoxy) is 2. The number of nitrogens with zero attached hydrogens (tertiary/aromatic N) is 3. The van der Waals surface area contributed by atoms with Gasteiger partial charge in [0.2, 0.25) is 5.95 Å². The third-order valence-electron chi connectivity index (χ3n) is 2.82. The van der Waals surface area contributed by atoms with Gasteiger partial charge in [0, 0.05) is 10.0 Å². The summed E-state index contributed by atoms with van der Waals surface area (Å²) in [5.41, 5.74) is 7.39. The minimum absolute atomic E-state index is 0.335. The van der Waals surface area contributed by atoms with Crippen molar-refractivity contribution in [3.8, 4) is 11.5 Å². The molecule has 0 spiro atoms. The fourth-order valence-corrected chi connectivity index (χ4v) is 2.79. The SMILES string of the molecule is CCOc1c(OC)cc(C=Nn2cc(C)nc2N)c(Br)c1Br. The summed E-state index contributed by atoms with van der Waals surface area (Å²) in [4.78, 5) is 4.10. The largest absolute Gasteiger partial charge is 0.493 e. The molecule has 0 aliphatic rings. The molecule has 0 fully saturated rings. The molecule has 118 valence electrons. The van der Waals surface area contributed by atoms with Gasteiger partial charge in [-0.1, -0.05) is 0 Å². The number of benzene rings is 1. The maximum Gasteiger partial charge on any atom is 0.221 e. The Morgan fingerprint density at radius 1 is 1.41 bits per heavy atom. The topological polar surface area (TPSA) is 74.7 Å². The first kappa shape index (κ1) is 16.8. The van der Waals surface area contributed by atoms with Crippen LogP contribution in [0, 0.1) is 6.92 Å². The van der Waals surface area contributed by atoms with Gasteiger partial charge < -0.3 is 15.2 Å². The molecule has 0 saturated heterocycles. The summed E-state index contributed by atoms with van der Waals surface area (Å²) in [5, 5.41) is 4.31. The zero-order valence-electron chi connectivity index (χ0n) is 12.4. The van der Waals surface area contributed by atoms with E-state index in [-0.39, 0.29) is 0 Å². The highest BCUT2D eigenvalue weighted by Gasteiger charge is 2.16. The number of aromatic nitrogens is 2. The van der Waals surface area contributed by atoms with Crippen LogP contribution in [0.15, 0.2) is 26.3 Å². The average molecular weight is 432 g/mol. The van der Waals surface area contributed by atoms with E-state index >= 15 is 0 Å². The van der Waals surface area contributed by atoms with Crippen LogP contribution in [0.2, 0.25) is 0 Å². The normalized spacial score (nSPS) is 11.1. The molecule has 0 atom stereocenters. The second kappa shape index (κ2) is 7.15. The van der Waals surface area contributed by atoms with Gasteiger partial charge in [-0.25, -0.2) is 9.66 Å². The van der Waals surface area contributed by atoms with Crippen LogP contribution in [0.25, 0.3) is 0 Å². The summed E-state index contributed by atoms with van der Waals surface area (Å²) in [6.45, 7) is 4.31. The molecule has 8 heteroatoms. The van der Waals surface area contributed by atoms with Gasteiger partial charge in [0.25, 0.3) is 0 Å². The van der Waals surface area contributed by atoms with E-state index in [0.717, 1.165) is 20.2 Å². The molecule has 0 aliphatic heterocycles. The highest BCUT2D eigenvalue weighted by molar-refractivity contribution is 9.13. The first-order valence-corrected chi connectivity index (χ1v) is 8.11. The quantitative estimate of drug-likeness (QED) is 0.734. The Morgan fingerprint density at radius 3 is 2.68 bits per heavy atom. The summed E-state index contributed by atoms with van der Waals surface area (Å²) in [5.74, 6) is 1.60. The Kier molecular flexibility index (Phi) is 5.47. The molecule has 0 bridgehead atoms. The first-order chi connectivity index (χ1) is 10.5. The number of anilines is 1. The van der Waals surface area contributed by atoms with Crippen LogP contribution in [-0.2, 0) is 0 Å². The smallest absolute Gasteiger partial charge is 0.221 e. The van der Waals surface area contributed by atoms with E-state index in [0.29, 0.717) is 24.1 Å². The highest BCUT2D eigenvalue weighted by Crippen LogP contribution is 2.42. The second-order valence-corrected chi connectivity index (χ2v) is 5.97. The van der Waals surface area contributed by atoms with Crippen molar-refractivity contribution in [3.63, 3.8) is 0 Å². The van der Waals surface area contributed by atoms with E-state index in [9.17, 15) is 0 Å². The van der Waals surface area contributed by atoms with Crippen molar-refractivity contribution >= 4 is 44.0 Å². The fourth-order valence-electron chi connectivity index (χ4n) is 1.85. The fraction of sp³-hybridized carbons (Fsp3) is 0.286. The Hall–Kier alpha value is -1.54. The highest BCUT2D eigenvalue weighted by atomic mass is 79.9. The molecular weight excluding hydrogens is 416 g/mol. The molecule has 0 saturated carbocycles. The monoisotopic (exact) mass is 430 g/mol. The molecule has 22 heavy (non-hydrogen) atoms. The number of aryl methyl sites for hydroxylation is 1. The average Bonchev–Trinajstić information content (AvgIpc) is 2.81. The Morgan fingerprint density at radius 2 is 2.14 bits per heavy atom. The van der Waals surface area contributed by atoms with Crippen molar-refractivity contribution in [3.05, 3.63) is 32.5 Å². The van der Waals surface area contributed by atoms with E-state index < -0.39 is 0 Å². The van der Waals surface area contributed by atoms with Crippen molar-refractivity contribution in [1.29, 1.82) is 0 Å². The molecule has 1 aromatic heterocycles. The van der Waals surface area contributed by atoms with Gasteiger partial charge in [0.15, 0.2) is 11.5 Å². The van der Waals surface area contributed by atoms with E-state index in [1.165, 1.54) is 4.68 Å². The third-order valence-corrected chi connectivity index (χ3v) is 4.96. The van der Waals surface area contributed by atoms with Crippen molar-refractivity contribution < 1.29 is 9.47 Å². The third kappa shape index (κ3) is 3.44. The lowest BCUT2D eigenvalue weighted by molar-refractivity contribution is 0.308. The Balaban J connectivity index is 2.43. The summed E-state index contributed by atoms with van der Waals surface area (Å²) in [6.07, 6.45) is 3.42. The standard InChI is InChI=1S/C14H16Br2N4O2/c1-4-22-13-10(21-3)5-9(11(15)12(13)16)6-18-20-7-8(2)19-14(20)17/h5-7H,4H2,1-3H3,(H2,17,19). The zero-order valence-corrected chi connectivity index (χ0v) is 15.6. The lowest BCUT2D eigenvalue weighted by Crippen LogP contribution is -2.00. The molecule has 1 heterocycles. The Bertz CT molecular complexity index is 713. The van der Waals surface area contributed by atoms with Crippen LogP contribution in [0.5, 0.6) is 11.5 Å². The van der Waals surface area contributed by atoms with Gasteiger partial charge in [0.05, 0.1) is 36.3 Å². The van der Waals surface area contributed by atoms with Gasteiger partial charge in [-0.2, -0.15) is 5.10 Å². The van der Waals surface area contributed by atoms with E-state index in [1.54, 1.807) is 19.5 Å². The first-order valence-electron chi connectivity index (χ1n) is 6.52. The van der Waals surface area contributed by atoms with Gasteiger partial charge in [-0.05, 0) is 51.8 Å². The molecule has 6 nitrogen and oxygen atoms in total. The number of imidazole rings is 1. The predicted molar refractivity (Wildman–Crippen MR) is 93.9 cm³/mol. The number of halogens is 2. The molecule has 2 rings (SSSR count). The number of hydrogen-bond donors (Lipinski definition) is 1. The van der Waals surface area contributed by atoms with Crippen LogP contribution in [0.3, 0.4) is 0 Å². The van der Waals surface area contributed by atoms with Gasteiger partial charge in [-0.3, -0.25) is 0 Å². The summed E-state index contributed by atoms with van der Waals surface area (Å²) in [6, 6.07) is 1.84. The van der Waals surface area contributed by atoms with E-state index in [4.69, 9.17) is 15.2 Å². The second-order valence-electron chi connectivity index (χ2n) is 4.39. The lowest BCUT2D eigenvalue weighted by Gasteiger charge is -2.14. The number of nitrogens with two attached hydrogens (primary N) is 1. The molecule has 0 unspecified atom stereocenters. The molecule has 0 aliphatic carbocycles. The van der Waals surface area contributed by atoms with Gasteiger partial charge in [-0.15, -0.1) is 0 Å². The number of methoxy groups -OCH3 is 1. The van der Waals surface area contributed by atoms with Crippen LogP contribution in [-0.4, -0.2) is 29.6 Å². The van der Waals surface area contributed by atoms with Crippen LogP contribution >= 0.6 is 31.9 Å². The van der Waals surface area contributed by atoms with Gasteiger partial charge >= 0.3 is 0 Å². The summed E-state index contributed by atoms with van der Waals surface area (Å²) < 4.78 is 14.1. The molecule has 0 amide bonds. The van der Waals surface area contributed by atoms with Crippen molar-refractivity contribution in [2.45, 2.75) is 13.8 Å². The number of nitrogen functional groups attached to an aromatic ring is 1.